The summed E-state index contributed by atoms with van der Waals surface area (Å²) in [5, 5.41) is 7.67. The number of primary amides is 1. The molecule has 0 radical (unpaired) electrons. The summed E-state index contributed by atoms with van der Waals surface area (Å²) in [6.45, 7) is 2.72. The summed E-state index contributed by atoms with van der Waals surface area (Å²) >= 11 is 0. The van der Waals surface area contributed by atoms with E-state index in [1.165, 1.54) is 0 Å². The molecule has 1 aliphatic rings. The number of hydrogen-bond acceptors (Lipinski definition) is 3. The Labute approximate surface area is 75.9 Å². The fourth-order valence-electron chi connectivity index (χ4n) is 1.49. The molecule has 5 heteroatoms. The average Bonchev–Trinajstić information content (AvgIpc) is 2.84. The maximum atomic E-state index is 11.0. The third kappa shape index (κ3) is 1.30. The quantitative estimate of drug-likeness (QED) is 0.725. The first-order valence-electron chi connectivity index (χ1n) is 4.47. The lowest BCUT2D eigenvalue weighted by Crippen LogP contribution is -2.14. The highest BCUT2D eigenvalue weighted by Crippen LogP contribution is 2.40. The summed E-state index contributed by atoms with van der Waals surface area (Å²) in [5.74, 6) is -0.0148. The van der Waals surface area contributed by atoms with Crippen LogP contribution >= 0.6 is 0 Å². The smallest absolute Gasteiger partial charge is 0.271 e. The summed E-state index contributed by atoms with van der Waals surface area (Å²) in [7, 11) is 0. The van der Waals surface area contributed by atoms with Crippen LogP contribution in [0.5, 0.6) is 0 Å². The van der Waals surface area contributed by atoms with Gasteiger partial charge in [-0.3, -0.25) is 4.79 Å². The topological polar surface area (TPSA) is 73.8 Å². The molecule has 1 aliphatic carbocycles. The van der Waals surface area contributed by atoms with Gasteiger partial charge in [-0.2, -0.15) is 0 Å². The zero-order valence-electron chi connectivity index (χ0n) is 7.53. The van der Waals surface area contributed by atoms with Gasteiger partial charge in [-0.15, -0.1) is 5.10 Å². The first-order valence-corrected chi connectivity index (χ1v) is 4.47. The van der Waals surface area contributed by atoms with Gasteiger partial charge in [0.2, 0.25) is 0 Å². The van der Waals surface area contributed by atoms with Crippen molar-refractivity contribution in [1.29, 1.82) is 0 Å². The molecule has 1 fully saturated rings. The Bertz CT molecular complexity index is 340. The Kier molecular flexibility index (Phi) is 1.79. The van der Waals surface area contributed by atoms with Crippen molar-refractivity contribution >= 4 is 5.91 Å². The van der Waals surface area contributed by atoms with Gasteiger partial charge in [-0.05, 0) is 19.8 Å². The van der Waals surface area contributed by atoms with Crippen molar-refractivity contribution in [3.63, 3.8) is 0 Å². The standard InChI is InChI=1S/C8H12N4O/c1-2-12-7(5-3-4-5)6(8(9)13)10-11-12/h5H,2-4H2,1H3,(H2,9,13). The van der Waals surface area contributed by atoms with Crippen LogP contribution < -0.4 is 5.73 Å². The molecule has 1 aromatic rings. The minimum Gasteiger partial charge on any atom is -0.364 e. The van der Waals surface area contributed by atoms with E-state index in [4.69, 9.17) is 5.73 Å². The van der Waals surface area contributed by atoms with Gasteiger partial charge >= 0.3 is 0 Å². The summed E-state index contributed by atoms with van der Waals surface area (Å²) in [4.78, 5) is 11.0. The SMILES string of the molecule is CCn1nnc(C(N)=O)c1C1CC1. The zero-order valence-corrected chi connectivity index (χ0v) is 7.53. The molecule has 1 heterocycles. The lowest BCUT2D eigenvalue weighted by molar-refractivity contribution is 0.0994. The second-order valence-corrected chi connectivity index (χ2v) is 3.28. The van der Waals surface area contributed by atoms with Gasteiger partial charge in [0.15, 0.2) is 5.69 Å². The zero-order chi connectivity index (χ0) is 9.42. The first-order chi connectivity index (χ1) is 6.24. The molecule has 0 aliphatic heterocycles. The fraction of sp³-hybridized carbons (Fsp3) is 0.625. The van der Waals surface area contributed by atoms with Crippen molar-refractivity contribution < 1.29 is 4.79 Å². The molecular formula is C8H12N4O. The maximum absolute atomic E-state index is 11.0. The second-order valence-electron chi connectivity index (χ2n) is 3.28. The van der Waals surface area contributed by atoms with Crippen molar-refractivity contribution in [2.45, 2.75) is 32.2 Å². The molecule has 2 N–H and O–H groups in total. The predicted molar refractivity (Wildman–Crippen MR) is 46.2 cm³/mol. The van der Waals surface area contributed by atoms with Crippen LogP contribution in [0.2, 0.25) is 0 Å². The Hall–Kier alpha value is -1.39. The van der Waals surface area contributed by atoms with E-state index in [-0.39, 0.29) is 0 Å². The molecular weight excluding hydrogens is 168 g/mol. The highest BCUT2D eigenvalue weighted by atomic mass is 16.1. The molecule has 1 amide bonds. The number of amides is 1. The lowest BCUT2D eigenvalue weighted by atomic mass is 10.2. The number of aryl methyl sites for hydroxylation is 1. The normalized spacial score (nSPS) is 16.1. The van der Waals surface area contributed by atoms with E-state index in [1.54, 1.807) is 4.68 Å². The molecule has 1 aromatic heterocycles. The number of nitrogens with zero attached hydrogens (tertiary/aromatic N) is 3. The number of rotatable bonds is 3. The largest absolute Gasteiger partial charge is 0.364 e. The van der Waals surface area contributed by atoms with E-state index in [1.807, 2.05) is 6.92 Å². The van der Waals surface area contributed by atoms with E-state index in [9.17, 15) is 4.79 Å². The third-order valence-corrected chi connectivity index (χ3v) is 2.27. The Balaban J connectivity index is 2.44. The minimum atomic E-state index is -0.471. The number of carbonyl (C=O) groups excluding carboxylic acids is 1. The lowest BCUT2D eigenvalue weighted by Gasteiger charge is -2.01. The molecule has 0 bridgehead atoms. The first kappa shape index (κ1) is 8.22. The van der Waals surface area contributed by atoms with Crippen LogP contribution in [-0.2, 0) is 6.54 Å². The fourth-order valence-corrected chi connectivity index (χ4v) is 1.49. The molecule has 1 saturated carbocycles. The third-order valence-electron chi connectivity index (χ3n) is 2.27. The molecule has 0 unspecified atom stereocenters. The second kappa shape index (κ2) is 2.83. The van der Waals surface area contributed by atoms with E-state index in [2.05, 4.69) is 10.3 Å². The number of hydrogen-bond donors (Lipinski definition) is 1. The number of aromatic nitrogens is 3. The van der Waals surface area contributed by atoms with Gasteiger partial charge in [-0.1, -0.05) is 5.21 Å². The highest BCUT2D eigenvalue weighted by molar-refractivity contribution is 5.92. The Morgan fingerprint density at radius 3 is 2.85 bits per heavy atom. The van der Waals surface area contributed by atoms with Crippen LogP contribution in [0.25, 0.3) is 0 Å². The average molecular weight is 180 g/mol. The molecule has 70 valence electrons. The van der Waals surface area contributed by atoms with E-state index in [0.717, 1.165) is 25.1 Å². The van der Waals surface area contributed by atoms with Crippen molar-refractivity contribution in [2.75, 3.05) is 0 Å². The Morgan fingerprint density at radius 2 is 2.38 bits per heavy atom. The van der Waals surface area contributed by atoms with Crippen LogP contribution in [0.1, 0.15) is 41.9 Å². The molecule has 0 saturated heterocycles. The molecule has 0 spiro atoms. The minimum absolute atomic E-state index is 0.351. The maximum Gasteiger partial charge on any atom is 0.271 e. The predicted octanol–water partition coefficient (Wildman–Crippen LogP) is 0.274. The molecule has 2 rings (SSSR count). The molecule has 0 atom stereocenters. The van der Waals surface area contributed by atoms with Crippen molar-refractivity contribution in [3.05, 3.63) is 11.4 Å². The van der Waals surface area contributed by atoms with Crippen LogP contribution in [0, 0.1) is 0 Å². The molecule has 5 nitrogen and oxygen atoms in total. The van der Waals surface area contributed by atoms with Crippen molar-refractivity contribution in [1.82, 2.24) is 15.0 Å². The van der Waals surface area contributed by atoms with Crippen LogP contribution in [0.15, 0.2) is 0 Å². The summed E-state index contributed by atoms with van der Waals surface area (Å²) in [5.41, 5.74) is 6.47. The van der Waals surface area contributed by atoms with Gasteiger partial charge in [0.1, 0.15) is 0 Å². The summed E-state index contributed by atoms with van der Waals surface area (Å²) in [6.07, 6.45) is 2.24. The molecule has 13 heavy (non-hydrogen) atoms. The monoisotopic (exact) mass is 180 g/mol. The summed E-state index contributed by atoms with van der Waals surface area (Å²) in [6, 6.07) is 0. The van der Waals surface area contributed by atoms with E-state index < -0.39 is 5.91 Å². The Morgan fingerprint density at radius 1 is 1.69 bits per heavy atom. The van der Waals surface area contributed by atoms with E-state index in [0.29, 0.717) is 11.6 Å². The van der Waals surface area contributed by atoms with Gasteiger partial charge < -0.3 is 5.73 Å². The van der Waals surface area contributed by atoms with Crippen LogP contribution in [-0.4, -0.2) is 20.9 Å². The van der Waals surface area contributed by atoms with Crippen molar-refractivity contribution in [3.8, 4) is 0 Å². The van der Waals surface area contributed by atoms with Gasteiger partial charge in [0, 0.05) is 12.5 Å². The summed E-state index contributed by atoms with van der Waals surface area (Å²) < 4.78 is 1.76. The van der Waals surface area contributed by atoms with Crippen LogP contribution in [0.4, 0.5) is 0 Å². The highest BCUT2D eigenvalue weighted by Gasteiger charge is 2.32. The number of carbonyl (C=O) groups is 1. The van der Waals surface area contributed by atoms with E-state index >= 15 is 0 Å². The van der Waals surface area contributed by atoms with Gasteiger partial charge in [-0.25, -0.2) is 4.68 Å². The van der Waals surface area contributed by atoms with Gasteiger partial charge in [0.25, 0.3) is 5.91 Å². The van der Waals surface area contributed by atoms with Crippen molar-refractivity contribution in [2.24, 2.45) is 5.73 Å². The van der Waals surface area contributed by atoms with Gasteiger partial charge in [0.05, 0.1) is 5.69 Å². The van der Waals surface area contributed by atoms with Crippen LogP contribution in [0.3, 0.4) is 0 Å². The number of nitrogens with two attached hydrogens (primary N) is 1. The molecule has 0 aromatic carbocycles.